The molecule has 0 spiro atoms. The minimum absolute atomic E-state index is 0.267. The Morgan fingerprint density at radius 3 is 2.71 bits per heavy atom. The Labute approximate surface area is 103 Å². The highest BCUT2D eigenvalue weighted by molar-refractivity contribution is 5.29. The summed E-state index contributed by atoms with van der Waals surface area (Å²) < 4.78 is 19.0. The molecular formula is C14H22FNO. The first-order valence-corrected chi connectivity index (χ1v) is 6.39. The number of hydrogen-bond donors (Lipinski definition) is 1. The molecule has 0 aliphatic carbocycles. The first-order valence-electron chi connectivity index (χ1n) is 6.39. The molecule has 1 rings (SSSR count). The fraction of sp³-hybridized carbons (Fsp3) is 0.571. The van der Waals surface area contributed by atoms with Crippen LogP contribution in [0.1, 0.15) is 38.7 Å². The fourth-order valence-electron chi connectivity index (χ4n) is 1.51. The highest BCUT2D eigenvalue weighted by Crippen LogP contribution is 2.18. The molecule has 1 aromatic rings. The zero-order valence-corrected chi connectivity index (χ0v) is 10.8. The van der Waals surface area contributed by atoms with E-state index in [2.05, 4.69) is 19.2 Å². The average molecular weight is 239 g/mol. The van der Waals surface area contributed by atoms with Crippen LogP contribution in [0, 0.1) is 5.82 Å². The van der Waals surface area contributed by atoms with Crippen LogP contribution in [-0.4, -0.2) is 13.2 Å². The molecule has 0 aliphatic rings. The summed E-state index contributed by atoms with van der Waals surface area (Å²) in [7, 11) is 0. The molecule has 0 fully saturated rings. The summed E-state index contributed by atoms with van der Waals surface area (Å²) >= 11 is 0. The number of nitrogens with one attached hydrogen (secondary N) is 1. The Hall–Kier alpha value is -1.09. The molecule has 96 valence electrons. The molecule has 17 heavy (non-hydrogen) atoms. The Kier molecular flexibility index (Phi) is 6.63. The second-order valence-corrected chi connectivity index (χ2v) is 4.14. The van der Waals surface area contributed by atoms with Crippen molar-refractivity contribution in [2.45, 2.75) is 39.7 Å². The summed E-state index contributed by atoms with van der Waals surface area (Å²) in [6.07, 6.45) is 3.10. The van der Waals surface area contributed by atoms with Gasteiger partial charge in [0.15, 0.2) is 11.6 Å². The molecule has 0 saturated heterocycles. The zero-order chi connectivity index (χ0) is 12.5. The van der Waals surface area contributed by atoms with Crippen molar-refractivity contribution in [2.75, 3.05) is 13.2 Å². The van der Waals surface area contributed by atoms with Gasteiger partial charge in [-0.15, -0.1) is 0 Å². The van der Waals surface area contributed by atoms with E-state index in [1.165, 1.54) is 0 Å². The van der Waals surface area contributed by atoms with Gasteiger partial charge in [0, 0.05) is 6.54 Å². The van der Waals surface area contributed by atoms with Crippen molar-refractivity contribution in [3.05, 3.63) is 29.6 Å². The van der Waals surface area contributed by atoms with E-state index in [-0.39, 0.29) is 5.82 Å². The third kappa shape index (κ3) is 5.18. The van der Waals surface area contributed by atoms with Crippen molar-refractivity contribution >= 4 is 0 Å². The summed E-state index contributed by atoms with van der Waals surface area (Å²) in [4.78, 5) is 0. The number of rotatable bonds is 8. The van der Waals surface area contributed by atoms with Crippen molar-refractivity contribution in [3.8, 4) is 5.75 Å². The largest absolute Gasteiger partial charge is 0.491 e. The lowest BCUT2D eigenvalue weighted by Crippen LogP contribution is -2.13. The Morgan fingerprint density at radius 1 is 1.24 bits per heavy atom. The molecule has 0 amide bonds. The van der Waals surface area contributed by atoms with Crippen LogP contribution in [-0.2, 0) is 6.54 Å². The number of hydrogen-bond acceptors (Lipinski definition) is 2. The third-order valence-corrected chi connectivity index (χ3v) is 2.51. The normalized spacial score (nSPS) is 10.5. The van der Waals surface area contributed by atoms with Gasteiger partial charge in [0.2, 0.25) is 0 Å². The molecule has 0 saturated carbocycles. The summed E-state index contributed by atoms with van der Waals surface area (Å²) in [6, 6.07) is 5.17. The lowest BCUT2D eigenvalue weighted by atomic mass is 10.2. The van der Waals surface area contributed by atoms with Crippen LogP contribution in [0.25, 0.3) is 0 Å². The predicted octanol–water partition coefficient (Wildman–Crippen LogP) is 3.50. The average Bonchev–Trinajstić information content (AvgIpc) is 2.32. The van der Waals surface area contributed by atoms with Crippen LogP contribution in [0.15, 0.2) is 18.2 Å². The highest BCUT2D eigenvalue weighted by atomic mass is 19.1. The molecule has 3 heteroatoms. The van der Waals surface area contributed by atoms with E-state index in [9.17, 15) is 4.39 Å². The van der Waals surface area contributed by atoms with Crippen LogP contribution in [0.2, 0.25) is 0 Å². The zero-order valence-electron chi connectivity index (χ0n) is 10.8. The predicted molar refractivity (Wildman–Crippen MR) is 68.8 cm³/mol. The number of unbranched alkanes of at least 4 members (excludes halogenated alkanes) is 1. The van der Waals surface area contributed by atoms with E-state index < -0.39 is 0 Å². The Morgan fingerprint density at radius 2 is 2.06 bits per heavy atom. The van der Waals surface area contributed by atoms with Gasteiger partial charge in [-0.1, -0.05) is 26.3 Å². The highest BCUT2D eigenvalue weighted by Gasteiger charge is 2.04. The van der Waals surface area contributed by atoms with Gasteiger partial charge in [-0.3, -0.25) is 0 Å². The van der Waals surface area contributed by atoms with Gasteiger partial charge in [-0.05, 0) is 37.1 Å². The van der Waals surface area contributed by atoms with Gasteiger partial charge in [0.05, 0.1) is 6.61 Å². The lowest BCUT2D eigenvalue weighted by Gasteiger charge is -2.08. The summed E-state index contributed by atoms with van der Waals surface area (Å²) in [5.74, 6) is 0.0922. The van der Waals surface area contributed by atoms with Gasteiger partial charge in [0.1, 0.15) is 0 Å². The molecule has 0 bridgehead atoms. The van der Waals surface area contributed by atoms with E-state index in [1.54, 1.807) is 12.1 Å². The molecular weight excluding hydrogens is 217 g/mol. The Balaban J connectivity index is 2.47. The van der Waals surface area contributed by atoms with E-state index in [4.69, 9.17) is 4.74 Å². The monoisotopic (exact) mass is 239 g/mol. The van der Waals surface area contributed by atoms with Crippen LogP contribution in [0.5, 0.6) is 5.75 Å². The van der Waals surface area contributed by atoms with Crippen LogP contribution >= 0.6 is 0 Å². The van der Waals surface area contributed by atoms with E-state index in [0.717, 1.165) is 31.4 Å². The minimum atomic E-state index is -0.267. The minimum Gasteiger partial charge on any atom is -0.491 e. The van der Waals surface area contributed by atoms with Crippen LogP contribution in [0.4, 0.5) is 4.39 Å². The van der Waals surface area contributed by atoms with Crippen molar-refractivity contribution in [2.24, 2.45) is 0 Å². The molecule has 0 aliphatic heterocycles. The van der Waals surface area contributed by atoms with Gasteiger partial charge in [-0.2, -0.15) is 0 Å². The quantitative estimate of drug-likeness (QED) is 0.701. The molecule has 0 radical (unpaired) electrons. The van der Waals surface area contributed by atoms with E-state index in [1.807, 2.05) is 6.07 Å². The maximum Gasteiger partial charge on any atom is 0.165 e. The van der Waals surface area contributed by atoms with Crippen LogP contribution < -0.4 is 10.1 Å². The van der Waals surface area contributed by atoms with Crippen molar-refractivity contribution < 1.29 is 9.13 Å². The van der Waals surface area contributed by atoms with E-state index >= 15 is 0 Å². The standard InChI is InChI=1S/C14H22FNO/c1-3-5-9-17-14-7-6-12(10-13(14)15)11-16-8-4-2/h6-7,10,16H,3-5,8-9,11H2,1-2H3. The SMILES string of the molecule is CCCCOc1ccc(CNCCC)cc1F. The number of benzene rings is 1. The van der Waals surface area contributed by atoms with Gasteiger partial charge in [0.25, 0.3) is 0 Å². The Bertz CT molecular complexity index is 328. The van der Waals surface area contributed by atoms with Gasteiger partial charge >= 0.3 is 0 Å². The smallest absolute Gasteiger partial charge is 0.165 e. The maximum atomic E-state index is 13.6. The summed E-state index contributed by atoms with van der Waals surface area (Å²) in [5, 5.41) is 3.24. The van der Waals surface area contributed by atoms with Crippen molar-refractivity contribution in [1.82, 2.24) is 5.32 Å². The summed E-state index contributed by atoms with van der Waals surface area (Å²) in [5.41, 5.74) is 0.957. The van der Waals surface area contributed by atoms with Gasteiger partial charge < -0.3 is 10.1 Å². The lowest BCUT2D eigenvalue weighted by molar-refractivity contribution is 0.294. The first-order chi connectivity index (χ1) is 8.27. The molecule has 2 nitrogen and oxygen atoms in total. The molecule has 0 unspecified atom stereocenters. The fourth-order valence-corrected chi connectivity index (χ4v) is 1.51. The molecule has 1 aromatic carbocycles. The molecule has 0 atom stereocenters. The van der Waals surface area contributed by atoms with Crippen molar-refractivity contribution in [3.63, 3.8) is 0 Å². The molecule has 0 aromatic heterocycles. The summed E-state index contributed by atoms with van der Waals surface area (Å²) in [6.45, 7) is 6.44. The number of halogens is 1. The third-order valence-electron chi connectivity index (χ3n) is 2.51. The molecule has 0 heterocycles. The van der Waals surface area contributed by atoms with Crippen molar-refractivity contribution in [1.29, 1.82) is 0 Å². The first kappa shape index (κ1) is 14.0. The molecule has 1 N–H and O–H groups in total. The number of ether oxygens (including phenoxy) is 1. The van der Waals surface area contributed by atoms with E-state index in [0.29, 0.717) is 18.9 Å². The topological polar surface area (TPSA) is 21.3 Å². The van der Waals surface area contributed by atoms with Gasteiger partial charge in [-0.25, -0.2) is 4.39 Å². The second kappa shape index (κ2) is 8.07. The van der Waals surface area contributed by atoms with Crippen LogP contribution in [0.3, 0.4) is 0 Å². The maximum absolute atomic E-state index is 13.6. The second-order valence-electron chi connectivity index (χ2n) is 4.14.